The highest BCUT2D eigenvalue weighted by Gasteiger charge is 2.26. The van der Waals surface area contributed by atoms with Gasteiger partial charge >= 0.3 is 5.97 Å². The number of imidazole rings is 1. The lowest BCUT2D eigenvalue weighted by Gasteiger charge is -2.19. The van der Waals surface area contributed by atoms with Crippen LogP contribution in [-0.4, -0.2) is 59.5 Å². The van der Waals surface area contributed by atoms with Gasteiger partial charge in [0.05, 0.1) is 11.2 Å². The third-order valence-electron chi connectivity index (χ3n) is 6.43. The van der Waals surface area contributed by atoms with E-state index in [1.807, 2.05) is 65.4 Å². The molecule has 0 spiro atoms. The van der Waals surface area contributed by atoms with E-state index in [1.165, 1.54) is 17.0 Å². The van der Waals surface area contributed by atoms with Gasteiger partial charge in [-0.15, -0.1) is 0 Å². The van der Waals surface area contributed by atoms with E-state index in [0.29, 0.717) is 18.5 Å². The normalized spacial score (nSPS) is 11.7. The molecule has 0 fully saturated rings. The Morgan fingerprint density at radius 3 is 2.20 bits per heavy atom. The Bertz CT molecular complexity index is 1620. The van der Waals surface area contributed by atoms with Crippen molar-refractivity contribution in [1.82, 2.24) is 19.2 Å². The summed E-state index contributed by atoms with van der Waals surface area (Å²) < 4.78 is 29.9. The van der Waals surface area contributed by atoms with Crippen LogP contribution < -0.4 is 4.72 Å². The number of sulfonamides is 1. The number of benzene rings is 3. The molecule has 1 amide bonds. The smallest absolute Gasteiger partial charge is 0.321 e. The molecule has 3 aromatic carbocycles. The summed E-state index contributed by atoms with van der Waals surface area (Å²) in [6, 6.07) is 21.7. The predicted octanol–water partition coefficient (Wildman–Crippen LogP) is 3.48. The number of amides is 1. The summed E-state index contributed by atoms with van der Waals surface area (Å²) in [5.74, 6) is 4.43. The first-order valence-corrected chi connectivity index (χ1v) is 14.4. The second kappa shape index (κ2) is 13.6. The number of aromatic nitrogens is 2. The molecule has 0 bridgehead atoms. The van der Waals surface area contributed by atoms with E-state index in [-0.39, 0.29) is 23.6 Å². The lowest BCUT2D eigenvalue weighted by atomic mass is 10.1. The number of rotatable bonds is 11. The number of carbonyl (C=O) groups is 2. The van der Waals surface area contributed by atoms with E-state index in [9.17, 15) is 23.1 Å². The van der Waals surface area contributed by atoms with E-state index in [0.717, 1.165) is 16.8 Å². The molecule has 9 nitrogen and oxygen atoms in total. The number of likely N-dealkylation sites (N-methyl/N-ethyl adjacent to an activating group) is 1. The molecule has 1 heterocycles. The Hall–Kier alpha value is -4.72. The van der Waals surface area contributed by atoms with E-state index in [1.54, 1.807) is 31.7 Å². The van der Waals surface area contributed by atoms with Gasteiger partial charge in [0, 0.05) is 49.2 Å². The first kappa shape index (κ1) is 29.3. The van der Waals surface area contributed by atoms with Crippen molar-refractivity contribution >= 4 is 21.9 Å². The number of hydrogen-bond acceptors (Lipinski definition) is 5. The SMILES string of the molecule is CN(CCc1ccccc1)C(=O)CC[C@@H](NS(=O)(=O)c1ccc(C#Cc2ccc(-n3ccnc3)cc2)cc1)C(=O)O. The molecule has 0 aliphatic rings. The number of nitrogens with one attached hydrogen (secondary N) is 1. The number of nitrogens with zero attached hydrogens (tertiary/aromatic N) is 3. The largest absolute Gasteiger partial charge is 0.480 e. The standard InChI is InChI=1S/C31H30N4O5S/c1-34(21-19-24-5-3-2-4-6-24)30(36)18-17-29(31(37)38)33-41(39,40)28-15-11-26(12-16-28)8-7-25-9-13-27(14-10-25)35-22-20-32-23-35/h2-6,9-16,20,22-23,29,33H,17-19,21H2,1H3,(H,37,38)/t29-/m1/s1. The van der Waals surface area contributed by atoms with E-state index in [4.69, 9.17) is 0 Å². The number of carbonyl (C=O) groups excluding carboxylic acids is 1. The summed E-state index contributed by atoms with van der Waals surface area (Å²) in [4.78, 5) is 29.8. The van der Waals surface area contributed by atoms with Crippen LogP contribution in [0.5, 0.6) is 0 Å². The molecular weight excluding hydrogens is 540 g/mol. The monoisotopic (exact) mass is 570 g/mol. The zero-order valence-corrected chi connectivity index (χ0v) is 23.3. The maximum absolute atomic E-state index is 12.9. The molecular formula is C31H30N4O5S. The van der Waals surface area contributed by atoms with Gasteiger partial charge in [-0.25, -0.2) is 13.4 Å². The van der Waals surface area contributed by atoms with Gasteiger partial charge in [-0.05, 0) is 66.9 Å². The lowest BCUT2D eigenvalue weighted by Crippen LogP contribution is -2.41. The van der Waals surface area contributed by atoms with Crippen molar-refractivity contribution in [3.63, 3.8) is 0 Å². The Morgan fingerprint density at radius 1 is 0.976 bits per heavy atom. The van der Waals surface area contributed by atoms with Gasteiger partial charge in [0.25, 0.3) is 0 Å². The molecule has 0 aliphatic carbocycles. The van der Waals surface area contributed by atoms with Crippen LogP contribution in [0.25, 0.3) is 5.69 Å². The second-order valence-corrected chi connectivity index (χ2v) is 11.1. The van der Waals surface area contributed by atoms with Gasteiger partial charge < -0.3 is 14.6 Å². The maximum atomic E-state index is 12.9. The first-order chi connectivity index (χ1) is 19.7. The minimum absolute atomic E-state index is 0.0923. The summed E-state index contributed by atoms with van der Waals surface area (Å²) in [5, 5.41) is 9.61. The summed E-state index contributed by atoms with van der Waals surface area (Å²) in [6.07, 6.45) is 5.63. The van der Waals surface area contributed by atoms with Crippen LogP contribution in [0.3, 0.4) is 0 Å². The number of carboxylic acid groups (broad SMARTS) is 1. The third-order valence-corrected chi connectivity index (χ3v) is 7.92. The van der Waals surface area contributed by atoms with Crippen molar-refractivity contribution in [2.45, 2.75) is 30.2 Å². The summed E-state index contributed by atoms with van der Waals surface area (Å²) in [6.45, 7) is 0.471. The highest BCUT2D eigenvalue weighted by molar-refractivity contribution is 7.89. The molecule has 2 N–H and O–H groups in total. The van der Waals surface area contributed by atoms with E-state index >= 15 is 0 Å². The van der Waals surface area contributed by atoms with Gasteiger partial charge in [0.15, 0.2) is 0 Å². The molecule has 0 unspecified atom stereocenters. The van der Waals surface area contributed by atoms with Crippen molar-refractivity contribution in [2.24, 2.45) is 0 Å². The Labute approximate surface area is 239 Å². The summed E-state index contributed by atoms with van der Waals surface area (Å²) in [5.41, 5.74) is 3.42. The number of carboxylic acids is 1. The zero-order valence-electron chi connectivity index (χ0n) is 22.5. The average molecular weight is 571 g/mol. The second-order valence-electron chi connectivity index (χ2n) is 9.39. The van der Waals surface area contributed by atoms with Crippen LogP contribution in [-0.2, 0) is 26.0 Å². The highest BCUT2D eigenvalue weighted by Crippen LogP contribution is 2.14. The maximum Gasteiger partial charge on any atom is 0.321 e. The molecule has 0 saturated carbocycles. The van der Waals surface area contributed by atoms with E-state index < -0.39 is 22.0 Å². The van der Waals surface area contributed by atoms with Crippen LogP contribution in [0.15, 0.2) is 102 Å². The summed E-state index contributed by atoms with van der Waals surface area (Å²) >= 11 is 0. The number of aliphatic carboxylic acids is 1. The molecule has 0 saturated heterocycles. The fourth-order valence-electron chi connectivity index (χ4n) is 4.00. The molecule has 0 aliphatic heterocycles. The van der Waals surface area contributed by atoms with Crippen molar-refractivity contribution in [1.29, 1.82) is 0 Å². The molecule has 4 rings (SSSR count). The quantitative estimate of drug-likeness (QED) is 0.266. The predicted molar refractivity (Wildman–Crippen MR) is 155 cm³/mol. The van der Waals surface area contributed by atoms with Gasteiger partial charge in [-0.1, -0.05) is 42.2 Å². The lowest BCUT2D eigenvalue weighted by molar-refractivity contribution is -0.139. The van der Waals surface area contributed by atoms with Crippen LogP contribution >= 0.6 is 0 Å². The molecule has 10 heteroatoms. The average Bonchev–Trinajstić information content (AvgIpc) is 3.53. The Morgan fingerprint density at radius 2 is 1.61 bits per heavy atom. The minimum Gasteiger partial charge on any atom is -0.480 e. The van der Waals surface area contributed by atoms with Crippen molar-refractivity contribution in [2.75, 3.05) is 13.6 Å². The van der Waals surface area contributed by atoms with Crippen LogP contribution in [0, 0.1) is 11.8 Å². The molecule has 1 aromatic heterocycles. The topological polar surface area (TPSA) is 122 Å². The summed E-state index contributed by atoms with van der Waals surface area (Å²) in [7, 11) is -2.50. The fraction of sp³-hybridized carbons (Fsp3) is 0.194. The van der Waals surface area contributed by atoms with Gasteiger partial charge in [-0.2, -0.15) is 4.72 Å². The number of hydrogen-bond donors (Lipinski definition) is 2. The van der Waals surface area contributed by atoms with Crippen molar-refractivity contribution < 1.29 is 23.1 Å². The first-order valence-electron chi connectivity index (χ1n) is 12.9. The van der Waals surface area contributed by atoms with Crippen LogP contribution in [0.2, 0.25) is 0 Å². The Kier molecular flexibility index (Phi) is 9.68. The minimum atomic E-state index is -4.14. The Balaban J connectivity index is 1.32. The highest BCUT2D eigenvalue weighted by atomic mass is 32.2. The van der Waals surface area contributed by atoms with Crippen molar-refractivity contribution in [3.8, 4) is 17.5 Å². The van der Waals surface area contributed by atoms with Gasteiger partial charge in [0.1, 0.15) is 6.04 Å². The van der Waals surface area contributed by atoms with Crippen LogP contribution in [0.1, 0.15) is 29.5 Å². The molecule has 0 radical (unpaired) electrons. The van der Waals surface area contributed by atoms with Crippen LogP contribution in [0.4, 0.5) is 0 Å². The third kappa shape index (κ3) is 8.38. The zero-order chi connectivity index (χ0) is 29.2. The van der Waals surface area contributed by atoms with E-state index in [2.05, 4.69) is 21.5 Å². The van der Waals surface area contributed by atoms with Gasteiger partial charge in [-0.3, -0.25) is 9.59 Å². The van der Waals surface area contributed by atoms with Gasteiger partial charge in [0.2, 0.25) is 15.9 Å². The molecule has 41 heavy (non-hydrogen) atoms. The molecule has 210 valence electrons. The van der Waals surface area contributed by atoms with Crippen molar-refractivity contribution in [3.05, 3.63) is 114 Å². The molecule has 4 aromatic rings. The molecule has 1 atom stereocenters. The fourth-order valence-corrected chi connectivity index (χ4v) is 5.23.